The molecule has 1 aliphatic heterocycles. The van der Waals surface area contributed by atoms with Gasteiger partial charge in [-0.25, -0.2) is 0 Å². The number of benzene rings is 1. The molecule has 0 N–H and O–H groups in total. The second-order valence-electron chi connectivity index (χ2n) is 6.13. The summed E-state index contributed by atoms with van der Waals surface area (Å²) in [7, 11) is 0. The van der Waals surface area contributed by atoms with Crippen molar-refractivity contribution in [3.05, 3.63) is 66.9 Å². The molecule has 1 fully saturated rings. The summed E-state index contributed by atoms with van der Waals surface area (Å²) in [6.07, 6.45) is 2.94. The smallest absolute Gasteiger partial charge is 0.255 e. The molecule has 3 rings (SSSR count). The minimum absolute atomic E-state index is 0.0426. The third kappa shape index (κ3) is 3.60. The van der Waals surface area contributed by atoms with Crippen LogP contribution in [0.1, 0.15) is 17.3 Å². The van der Waals surface area contributed by atoms with E-state index in [9.17, 15) is 9.59 Å². The van der Waals surface area contributed by atoms with Crippen LogP contribution in [0.5, 0.6) is 0 Å². The van der Waals surface area contributed by atoms with Gasteiger partial charge < -0.3 is 9.80 Å². The van der Waals surface area contributed by atoms with Crippen molar-refractivity contribution in [3.8, 4) is 11.3 Å². The lowest BCUT2D eigenvalue weighted by Gasteiger charge is -2.39. The quantitative estimate of drug-likeness (QED) is 0.810. The molecule has 0 aliphatic carbocycles. The molecule has 1 aromatic carbocycles. The Morgan fingerprint density at radius 1 is 1.16 bits per heavy atom. The van der Waals surface area contributed by atoms with E-state index in [2.05, 4.69) is 11.6 Å². The van der Waals surface area contributed by atoms with Crippen molar-refractivity contribution in [1.29, 1.82) is 0 Å². The second-order valence-corrected chi connectivity index (χ2v) is 6.13. The lowest BCUT2D eigenvalue weighted by molar-refractivity contribution is -0.128. The zero-order chi connectivity index (χ0) is 17.8. The van der Waals surface area contributed by atoms with E-state index < -0.39 is 0 Å². The van der Waals surface area contributed by atoms with Gasteiger partial charge in [0.25, 0.3) is 5.91 Å². The number of nitrogens with zero attached hydrogens (tertiary/aromatic N) is 3. The summed E-state index contributed by atoms with van der Waals surface area (Å²) in [5.41, 5.74) is 2.42. The van der Waals surface area contributed by atoms with Crippen LogP contribution in [-0.2, 0) is 4.79 Å². The standard InChI is InChI=1S/C20H21N3O2/c1-3-19(24)22-11-12-23(15(2)14-22)20(25)17-9-10-18(21-13-17)16-7-5-4-6-8-16/h3-10,13,15H,1,11-12,14H2,2H3/t15-/m0/s1. The number of hydrogen-bond acceptors (Lipinski definition) is 3. The second kappa shape index (κ2) is 7.30. The molecule has 0 spiro atoms. The number of carbonyl (C=O) groups excluding carboxylic acids is 2. The van der Waals surface area contributed by atoms with Crippen LogP contribution in [0.25, 0.3) is 11.3 Å². The van der Waals surface area contributed by atoms with Gasteiger partial charge in [-0.3, -0.25) is 14.6 Å². The average molecular weight is 335 g/mol. The van der Waals surface area contributed by atoms with Gasteiger partial charge in [0.05, 0.1) is 11.3 Å². The van der Waals surface area contributed by atoms with E-state index in [1.807, 2.05) is 49.4 Å². The van der Waals surface area contributed by atoms with E-state index in [4.69, 9.17) is 0 Å². The number of carbonyl (C=O) groups is 2. The van der Waals surface area contributed by atoms with Crippen molar-refractivity contribution in [2.75, 3.05) is 19.6 Å². The molecule has 1 saturated heterocycles. The molecule has 2 aromatic rings. The maximum absolute atomic E-state index is 12.8. The van der Waals surface area contributed by atoms with Gasteiger partial charge in [0, 0.05) is 37.4 Å². The fraction of sp³-hybridized carbons (Fsp3) is 0.250. The van der Waals surface area contributed by atoms with Crippen LogP contribution in [0.15, 0.2) is 61.3 Å². The molecule has 0 saturated carbocycles. The van der Waals surface area contributed by atoms with Gasteiger partial charge in [-0.1, -0.05) is 36.9 Å². The fourth-order valence-corrected chi connectivity index (χ4v) is 3.05. The number of piperazine rings is 1. The molecule has 2 heterocycles. The van der Waals surface area contributed by atoms with Crippen LogP contribution in [0.2, 0.25) is 0 Å². The van der Waals surface area contributed by atoms with Gasteiger partial charge in [0.1, 0.15) is 0 Å². The molecule has 5 heteroatoms. The number of pyridine rings is 1. The Hall–Kier alpha value is -2.95. The predicted octanol–water partition coefficient (Wildman–Crippen LogP) is 2.61. The highest BCUT2D eigenvalue weighted by atomic mass is 16.2. The summed E-state index contributed by atoms with van der Waals surface area (Å²) in [6.45, 7) is 7.02. The maximum Gasteiger partial charge on any atom is 0.255 e. The molecule has 0 unspecified atom stereocenters. The molecule has 0 bridgehead atoms. The molecular weight excluding hydrogens is 314 g/mol. The summed E-state index contributed by atoms with van der Waals surface area (Å²) in [4.78, 5) is 32.4. The predicted molar refractivity (Wildman–Crippen MR) is 96.9 cm³/mol. The third-order valence-electron chi connectivity index (χ3n) is 4.45. The number of hydrogen-bond donors (Lipinski definition) is 0. The van der Waals surface area contributed by atoms with Gasteiger partial charge in [0.15, 0.2) is 0 Å². The van der Waals surface area contributed by atoms with Crippen molar-refractivity contribution in [2.24, 2.45) is 0 Å². The normalized spacial score (nSPS) is 17.2. The average Bonchev–Trinajstić information content (AvgIpc) is 2.67. The minimum atomic E-state index is -0.0900. The molecule has 25 heavy (non-hydrogen) atoms. The highest BCUT2D eigenvalue weighted by Crippen LogP contribution is 2.18. The monoisotopic (exact) mass is 335 g/mol. The maximum atomic E-state index is 12.8. The van der Waals surface area contributed by atoms with E-state index >= 15 is 0 Å². The minimum Gasteiger partial charge on any atom is -0.335 e. The lowest BCUT2D eigenvalue weighted by atomic mass is 10.1. The Kier molecular flexibility index (Phi) is 4.93. The molecule has 2 amide bonds. The number of amides is 2. The first kappa shape index (κ1) is 16.9. The molecule has 5 nitrogen and oxygen atoms in total. The Morgan fingerprint density at radius 3 is 2.52 bits per heavy atom. The Labute approximate surface area is 147 Å². The van der Waals surface area contributed by atoms with Crippen LogP contribution >= 0.6 is 0 Å². The zero-order valence-electron chi connectivity index (χ0n) is 14.3. The van der Waals surface area contributed by atoms with E-state index in [0.717, 1.165) is 11.3 Å². The van der Waals surface area contributed by atoms with Crippen molar-refractivity contribution < 1.29 is 9.59 Å². The van der Waals surface area contributed by atoms with Gasteiger partial charge in [0.2, 0.25) is 5.91 Å². The first-order valence-electron chi connectivity index (χ1n) is 8.34. The number of aromatic nitrogens is 1. The van der Waals surface area contributed by atoms with Crippen LogP contribution in [0.4, 0.5) is 0 Å². The van der Waals surface area contributed by atoms with Gasteiger partial charge in [-0.15, -0.1) is 0 Å². The number of rotatable bonds is 3. The Bertz CT molecular complexity index is 771. The van der Waals surface area contributed by atoms with E-state index in [1.165, 1.54) is 6.08 Å². The van der Waals surface area contributed by atoms with E-state index in [-0.39, 0.29) is 17.9 Å². The van der Waals surface area contributed by atoms with Crippen molar-refractivity contribution in [1.82, 2.24) is 14.8 Å². The first-order valence-corrected chi connectivity index (χ1v) is 8.34. The van der Waals surface area contributed by atoms with Crippen LogP contribution in [0, 0.1) is 0 Å². The first-order chi connectivity index (χ1) is 12.1. The Morgan fingerprint density at radius 2 is 1.92 bits per heavy atom. The summed E-state index contributed by atoms with van der Waals surface area (Å²) >= 11 is 0. The largest absolute Gasteiger partial charge is 0.335 e. The molecule has 0 radical (unpaired) electrons. The van der Waals surface area contributed by atoms with Gasteiger partial charge in [-0.05, 0) is 25.1 Å². The summed E-state index contributed by atoms with van der Waals surface area (Å²) in [5.74, 6) is -0.141. The summed E-state index contributed by atoms with van der Waals surface area (Å²) < 4.78 is 0. The van der Waals surface area contributed by atoms with Gasteiger partial charge in [-0.2, -0.15) is 0 Å². The SMILES string of the molecule is C=CC(=O)N1CCN(C(=O)c2ccc(-c3ccccc3)nc2)[C@@H](C)C1. The van der Waals surface area contributed by atoms with E-state index in [1.54, 1.807) is 16.0 Å². The van der Waals surface area contributed by atoms with Crippen LogP contribution < -0.4 is 0 Å². The third-order valence-corrected chi connectivity index (χ3v) is 4.45. The van der Waals surface area contributed by atoms with Crippen LogP contribution in [0.3, 0.4) is 0 Å². The molecular formula is C20H21N3O2. The molecule has 1 aliphatic rings. The zero-order valence-corrected chi connectivity index (χ0v) is 14.3. The summed E-state index contributed by atoms with van der Waals surface area (Å²) in [6, 6.07) is 13.5. The van der Waals surface area contributed by atoms with Gasteiger partial charge >= 0.3 is 0 Å². The highest BCUT2D eigenvalue weighted by Gasteiger charge is 2.29. The molecule has 1 atom stereocenters. The van der Waals surface area contributed by atoms with Crippen molar-refractivity contribution in [2.45, 2.75) is 13.0 Å². The topological polar surface area (TPSA) is 53.5 Å². The van der Waals surface area contributed by atoms with E-state index in [0.29, 0.717) is 25.2 Å². The molecule has 128 valence electrons. The molecule has 1 aromatic heterocycles. The van der Waals surface area contributed by atoms with Crippen molar-refractivity contribution in [3.63, 3.8) is 0 Å². The summed E-state index contributed by atoms with van der Waals surface area (Å²) in [5, 5.41) is 0. The Balaban J connectivity index is 1.71. The van der Waals surface area contributed by atoms with Crippen LogP contribution in [-0.4, -0.2) is 52.3 Å². The highest BCUT2D eigenvalue weighted by molar-refractivity contribution is 5.95. The lowest BCUT2D eigenvalue weighted by Crippen LogP contribution is -2.55. The van der Waals surface area contributed by atoms with Crippen molar-refractivity contribution >= 4 is 11.8 Å². The fourth-order valence-electron chi connectivity index (χ4n) is 3.05.